The largest absolute Gasteiger partial charge is 0.399 e. The molecule has 0 saturated carbocycles. The van der Waals surface area contributed by atoms with E-state index in [2.05, 4.69) is 10.4 Å². The van der Waals surface area contributed by atoms with Crippen molar-refractivity contribution in [1.29, 1.82) is 0 Å². The molecule has 1 aromatic heterocycles. The van der Waals surface area contributed by atoms with Crippen molar-refractivity contribution >= 4 is 22.5 Å². The molecule has 1 amide bonds. The number of fused-ring (bicyclic) bond motifs is 1. The first-order chi connectivity index (χ1) is 10.1. The number of nitrogens with zero attached hydrogens (tertiary/aromatic N) is 2. The summed E-state index contributed by atoms with van der Waals surface area (Å²) < 4.78 is 1.72. The number of rotatable bonds is 3. The molecule has 0 aliphatic carbocycles. The third-order valence-electron chi connectivity index (χ3n) is 3.41. The van der Waals surface area contributed by atoms with Crippen LogP contribution in [0.25, 0.3) is 10.9 Å². The van der Waals surface area contributed by atoms with Gasteiger partial charge in [-0.3, -0.25) is 9.48 Å². The molecule has 5 heteroatoms. The summed E-state index contributed by atoms with van der Waals surface area (Å²) >= 11 is 0. The predicted octanol–water partition coefficient (Wildman–Crippen LogP) is 2.09. The third-order valence-corrected chi connectivity index (χ3v) is 3.41. The number of carbonyl (C=O) groups is 1. The quantitative estimate of drug-likeness (QED) is 0.721. The second kappa shape index (κ2) is 5.28. The topological polar surface area (TPSA) is 72.9 Å². The van der Waals surface area contributed by atoms with Gasteiger partial charge >= 0.3 is 0 Å². The number of aromatic nitrogens is 2. The smallest absolute Gasteiger partial charge is 0.272 e. The van der Waals surface area contributed by atoms with Gasteiger partial charge in [0.15, 0.2) is 5.69 Å². The van der Waals surface area contributed by atoms with Crippen molar-refractivity contribution < 1.29 is 4.79 Å². The zero-order valence-corrected chi connectivity index (χ0v) is 11.7. The van der Waals surface area contributed by atoms with Crippen molar-refractivity contribution in [3.8, 4) is 0 Å². The van der Waals surface area contributed by atoms with Crippen LogP contribution in [0.3, 0.4) is 0 Å². The lowest BCUT2D eigenvalue weighted by molar-refractivity contribution is 0.0947. The summed E-state index contributed by atoms with van der Waals surface area (Å²) in [6.45, 7) is 0.448. The van der Waals surface area contributed by atoms with Crippen LogP contribution in [0.15, 0.2) is 48.5 Å². The van der Waals surface area contributed by atoms with E-state index in [9.17, 15) is 4.79 Å². The Morgan fingerprint density at radius 2 is 1.90 bits per heavy atom. The summed E-state index contributed by atoms with van der Waals surface area (Å²) in [4.78, 5) is 12.3. The van der Waals surface area contributed by atoms with Crippen molar-refractivity contribution in [3.05, 3.63) is 59.8 Å². The lowest BCUT2D eigenvalue weighted by atomic mass is 10.2. The van der Waals surface area contributed by atoms with Crippen LogP contribution >= 0.6 is 0 Å². The van der Waals surface area contributed by atoms with E-state index < -0.39 is 0 Å². The van der Waals surface area contributed by atoms with Gasteiger partial charge in [0.2, 0.25) is 0 Å². The molecular formula is C16H16N4O. The molecule has 0 saturated heterocycles. The monoisotopic (exact) mass is 280 g/mol. The molecule has 3 rings (SSSR count). The van der Waals surface area contributed by atoms with Gasteiger partial charge in [0.25, 0.3) is 5.91 Å². The second-order valence-corrected chi connectivity index (χ2v) is 4.91. The normalized spacial score (nSPS) is 10.7. The summed E-state index contributed by atoms with van der Waals surface area (Å²) in [6, 6.07) is 15.1. The van der Waals surface area contributed by atoms with Gasteiger partial charge in [0, 0.05) is 24.7 Å². The van der Waals surface area contributed by atoms with Crippen LogP contribution in [0.5, 0.6) is 0 Å². The third kappa shape index (κ3) is 2.58. The van der Waals surface area contributed by atoms with Gasteiger partial charge in [0.1, 0.15) is 0 Å². The maximum absolute atomic E-state index is 12.3. The molecule has 5 nitrogen and oxygen atoms in total. The van der Waals surface area contributed by atoms with Gasteiger partial charge in [0.05, 0.1) is 5.52 Å². The highest BCUT2D eigenvalue weighted by molar-refractivity contribution is 6.04. The number of nitrogen functional groups attached to an aromatic ring is 1. The van der Waals surface area contributed by atoms with Crippen LogP contribution < -0.4 is 11.1 Å². The first kappa shape index (κ1) is 13.2. The van der Waals surface area contributed by atoms with Gasteiger partial charge in [-0.05, 0) is 23.8 Å². The maximum atomic E-state index is 12.3. The molecule has 0 atom stereocenters. The van der Waals surface area contributed by atoms with Crippen molar-refractivity contribution in [2.45, 2.75) is 6.54 Å². The molecule has 1 heterocycles. The molecule has 0 aliphatic heterocycles. The fraction of sp³-hybridized carbons (Fsp3) is 0.125. The molecule has 3 aromatic rings. The number of amides is 1. The van der Waals surface area contributed by atoms with E-state index in [1.807, 2.05) is 55.6 Å². The van der Waals surface area contributed by atoms with Crippen LogP contribution in [0, 0.1) is 0 Å². The van der Waals surface area contributed by atoms with Gasteiger partial charge in [-0.1, -0.05) is 30.3 Å². The Kier molecular flexibility index (Phi) is 3.31. The molecule has 106 valence electrons. The van der Waals surface area contributed by atoms with Crippen LogP contribution in [0.4, 0.5) is 5.69 Å². The number of aryl methyl sites for hydroxylation is 1. The van der Waals surface area contributed by atoms with E-state index in [4.69, 9.17) is 5.73 Å². The van der Waals surface area contributed by atoms with E-state index in [-0.39, 0.29) is 5.91 Å². The van der Waals surface area contributed by atoms with E-state index in [0.29, 0.717) is 17.9 Å². The number of hydrogen-bond donors (Lipinski definition) is 2. The number of carbonyl (C=O) groups excluding carboxylic acids is 1. The summed E-state index contributed by atoms with van der Waals surface area (Å²) in [5.41, 5.74) is 8.73. The highest BCUT2D eigenvalue weighted by Crippen LogP contribution is 2.17. The number of hydrogen-bond acceptors (Lipinski definition) is 3. The lowest BCUT2D eigenvalue weighted by Crippen LogP contribution is -2.23. The standard InChI is InChI=1S/C16H16N4O/c1-20-14-5-3-2-4-13(14)15(19-20)16(21)18-10-11-6-8-12(17)9-7-11/h2-9H,10,17H2,1H3,(H,18,21). The molecule has 2 aromatic carbocycles. The molecule has 21 heavy (non-hydrogen) atoms. The highest BCUT2D eigenvalue weighted by Gasteiger charge is 2.15. The Labute approximate surface area is 122 Å². The molecule has 0 bridgehead atoms. The van der Waals surface area contributed by atoms with Crippen LogP contribution in [0.1, 0.15) is 16.1 Å². The Bertz CT molecular complexity index is 790. The summed E-state index contributed by atoms with van der Waals surface area (Å²) in [7, 11) is 1.83. The van der Waals surface area contributed by atoms with E-state index in [1.54, 1.807) is 4.68 Å². The second-order valence-electron chi connectivity index (χ2n) is 4.91. The molecule has 0 aliphatic rings. The Hall–Kier alpha value is -2.82. The first-order valence-electron chi connectivity index (χ1n) is 6.69. The zero-order valence-electron chi connectivity index (χ0n) is 11.7. The van der Waals surface area contributed by atoms with E-state index in [0.717, 1.165) is 16.5 Å². The number of nitrogens with two attached hydrogens (primary N) is 1. The minimum absolute atomic E-state index is 0.177. The van der Waals surface area contributed by atoms with E-state index >= 15 is 0 Å². The zero-order chi connectivity index (χ0) is 14.8. The number of nitrogens with one attached hydrogen (secondary N) is 1. The average molecular weight is 280 g/mol. The van der Waals surface area contributed by atoms with Crippen LogP contribution in [-0.4, -0.2) is 15.7 Å². The fourth-order valence-electron chi connectivity index (χ4n) is 2.28. The van der Waals surface area contributed by atoms with Crippen LogP contribution in [-0.2, 0) is 13.6 Å². The van der Waals surface area contributed by atoms with E-state index in [1.165, 1.54) is 0 Å². The van der Waals surface area contributed by atoms with Crippen molar-refractivity contribution in [2.75, 3.05) is 5.73 Å². The number of benzene rings is 2. The fourth-order valence-corrected chi connectivity index (χ4v) is 2.28. The van der Waals surface area contributed by atoms with Crippen molar-refractivity contribution in [1.82, 2.24) is 15.1 Å². The highest BCUT2D eigenvalue weighted by atomic mass is 16.1. The minimum atomic E-state index is -0.177. The number of anilines is 1. The first-order valence-corrected chi connectivity index (χ1v) is 6.69. The maximum Gasteiger partial charge on any atom is 0.272 e. The number of para-hydroxylation sites is 1. The Balaban J connectivity index is 1.79. The molecule has 0 unspecified atom stereocenters. The van der Waals surface area contributed by atoms with Gasteiger partial charge in [-0.2, -0.15) is 5.10 Å². The Morgan fingerprint density at radius 3 is 2.67 bits per heavy atom. The van der Waals surface area contributed by atoms with Crippen molar-refractivity contribution in [3.63, 3.8) is 0 Å². The lowest BCUT2D eigenvalue weighted by Gasteiger charge is -2.04. The molecule has 0 fully saturated rings. The Morgan fingerprint density at radius 1 is 1.19 bits per heavy atom. The van der Waals surface area contributed by atoms with Crippen LogP contribution in [0.2, 0.25) is 0 Å². The average Bonchev–Trinajstić information content (AvgIpc) is 2.84. The molecule has 0 spiro atoms. The molecule has 3 N–H and O–H groups in total. The predicted molar refractivity (Wildman–Crippen MR) is 82.7 cm³/mol. The van der Waals surface area contributed by atoms with Crippen molar-refractivity contribution in [2.24, 2.45) is 7.05 Å². The SMILES string of the molecule is Cn1nc(C(=O)NCc2ccc(N)cc2)c2ccccc21. The summed E-state index contributed by atoms with van der Waals surface area (Å²) in [5.74, 6) is -0.177. The van der Waals surface area contributed by atoms with Gasteiger partial charge in [-0.25, -0.2) is 0 Å². The molecular weight excluding hydrogens is 264 g/mol. The summed E-state index contributed by atoms with van der Waals surface area (Å²) in [6.07, 6.45) is 0. The molecule has 0 radical (unpaired) electrons. The minimum Gasteiger partial charge on any atom is -0.399 e. The van der Waals surface area contributed by atoms with Gasteiger partial charge in [-0.15, -0.1) is 0 Å². The van der Waals surface area contributed by atoms with Gasteiger partial charge < -0.3 is 11.1 Å². The summed E-state index contributed by atoms with van der Waals surface area (Å²) in [5, 5.41) is 8.04.